The predicted molar refractivity (Wildman–Crippen MR) is 76.6 cm³/mol. The first kappa shape index (κ1) is 11.9. The Balaban J connectivity index is 1.93. The highest BCUT2D eigenvalue weighted by molar-refractivity contribution is 7.22. The van der Waals surface area contributed by atoms with E-state index in [1.165, 1.54) is 10.3 Å². The Morgan fingerprint density at radius 1 is 1.28 bits per heavy atom. The quantitative estimate of drug-likeness (QED) is 0.789. The average Bonchev–Trinajstić information content (AvgIpc) is 2.70. The van der Waals surface area contributed by atoms with Crippen LogP contribution in [0.15, 0.2) is 18.2 Å². The topological polar surface area (TPSA) is 25.4 Å². The predicted octanol–water partition coefficient (Wildman–Crippen LogP) is 3.22. The molecular weight excluding hydrogens is 244 g/mol. The minimum atomic E-state index is 0.280. The molecule has 1 aromatic carbocycles. The summed E-state index contributed by atoms with van der Waals surface area (Å²) >= 11 is 1.78. The van der Waals surface area contributed by atoms with E-state index in [1.807, 2.05) is 0 Å². The molecule has 0 N–H and O–H groups in total. The Morgan fingerprint density at radius 3 is 2.72 bits per heavy atom. The van der Waals surface area contributed by atoms with Gasteiger partial charge in [0.25, 0.3) is 0 Å². The molecule has 3 nitrogen and oxygen atoms in total. The highest BCUT2D eigenvalue weighted by atomic mass is 32.1. The standard InChI is InChI=1S/C14H18N2OS/c1-9-4-5-12-13(6-9)18-14(15-12)16-7-10(2)17-11(3)8-16/h4-6,10-11H,7-8H2,1-3H3. The lowest BCUT2D eigenvalue weighted by atomic mass is 10.2. The maximum Gasteiger partial charge on any atom is 0.186 e. The Morgan fingerprint density at radius 2 is 2.00 bits per heavy atom. The number of aryl methyl sites for hydroxylation is 1. The second-order valence-corrected chi connectivity index (χ2v) is 6.14. The summed E-state index contributed by atoms with van der Waals surface area (Å²) in [6, 6.07) is 6.44. The smallest absolute Gasteiger partial charge is 0.186 e. The van der Waals surface area contributed by atoms with Gasteiger partial charge >= 0.3 is 0 Å². The summed E-state index contributed by atoms with van der Waals surface area (Å²) in [5, 5.41) is 1.12. The van der Waals surface area contributed by atoms with E-state index in [-0.39, 0.29) is 12.2 Å². The van der Waals surface area contributed by atoms with E-state index in [0.29, 0.717) is 0 Å². The minimum Gasteiger partial charge on any atom is -0.372 e. The van der Waals surface area contributed by atoms with Crippen molar-refractivity contribution < 1.29 is 4.74 Å². The monoisotopic (exact) mass is 262 g/mol. The molecule has 0 amide bonds. The van der Waals surface area contributed by atoms with Crippen LogP contribution in [0.2, 0.25) is 0 Å². The molecule has 2 atom stereocenters. The summed E-state index contributed by atoms with van der Waals surface area (Å²) in [4.78, 5) is 7.08. The summed E-state index contributed by atoms with van der Waals surface area (Å²) in [6.45, 7) is 8.24. The van der Waals surface area contributed by atoms with Crippen LogP contribution in [0.25, 0.3) is 10.2 Å². The first-order valence-corrected chi connectivity index (χ1v) is 7.21. The largest absolute Gasteiger partial charge is 0.372 e. The van der Waals surface area contributed by atoms with Crippen molar-refractivity contribution in [1.82, 2.24) is 4.98 Å². The van der Waals surface area contributed by atoms with Crippen molar-refractivity contribution in [1.29, 1.82) is 0 Å². The summed E-state index contributed by atoms with van der Waals surface area (Å²) in [5.74, 6) is 0. The van der Waals surface area contributed by atoms with Gasteiger partial charge < -0.3 is 9.64 Å². The molecule has 4 heteroatoms. The van der Waals surface area contributed by atoms with Crippen molar-refractivity contribution in [3.63, 3.8) is 0 Å². The molecule has 2 unspecified atom stereocenters. The van der Waals surface area contributed by atoms with Gasteiger partial charge in [-0.25, -0.2) is 4.98 Å². The molecule has 2 heterocycles. The van der Waals surface area contributed by atoms with Gasteiger partial charge in [0.05, 0.1) is 22.4 Å². The number of fused-ring (bicyclic) bond motifs is 1. The van der Waals surface area contributed by atoms with Gasteiger partial charge in [-0.2, -0.15) is 0 Å². The van der Waals surface area contributed by atoms with Crippen molar-refractivity contribution in [2.75, 3.05) is 18.0 Å². The molecule has 2 aromatic rings. The van der Waals surface area contributed by atoms with Crippen LogP contribution >= 0.6 is 11.3 Å². The van der Waals surface area contributed by atoms with Crippen molar-refractivity contribution in [2.24, 2.45) is 0 Å². The second kappa shape index (κ2) is 4.52. The number of rotatable bonds is 1. The number of benzene rings is 1. The van der Waals surface area contributed by atoms with E-state index in [9.17, 15) is 0 Å². The van der Waals surface area contributed by atoms with Crippen LogP contribution in [-0.2, 0) is 4.74 Å². The fraction of sp³-hybridized carbons (Fsp3) is 0.500. The van der Waals surface area contributed by atoms with Crippen LogP contribution < -0.4 is 4.90 Å². The van der Waals surface area contributed by atoms with E-state index in [2.05, 4.69) is 43.9 Å². The molecule has 0 saturated carbocycles. The van der Waals surface area contributed by atoms with E-state index < -0.39 is 0 Å². The van der Waals surface area contributed by atoms with Gasteiger partial charge in [0.1, 0.15) is 0 Å². The lowest BCUT2D eigenvalue weighted by Gasteiger charge is -2.35. The van der Waals surface area contributed by atoms with E-state index in [0.717, 1.165) is 23.7 Å². The zero-order chi connectivity index (χ0) is 12.7. The fourth-order valence-electron chi connectivity index (χ4n) is 2.49. The Bertz CT molecular complexity index is 556. The normalized spacial score (nSPS) is 24.7. The summed E-state index contributed by atoms with van der Waals surface area (Å²) in [5.41, 5.74) is 2.40. The number of anilines is 1. The molecule has 0 bridgehead atoms. The van der Waals surface area contributed by atoms with Crippen LogP contribution in [0, 0.1) is 6.92 Å². The zero-order valence-corrected chi connectivity index (χ0v) is 11.8. The first-order chi connectivity index (χ1) is 8.61. The Kier molecular flexibility index (Phi) is 2.99. The molecule has 0 radical (unpaired) electrons. The maximum atomic E-state index is 5.77. The molecule has 1 saturated heterocycles. The fourth-order valence-corrected chi connectivity index (χ4v) is 3.57. The van der Waals surface area contributed by atoms with E-state index in [4.69, 9.17) is 9.72 Å². The maximum absolute atomic E-state index is 5.77. The first-order valence-electron chi connectivity index (χ1n) is 6.39. The third kappa shape index (κ3) is 2.22. The Labute approximate surface area is 111 Å². The van der Waals surface area contributed by atoms with Gasteiger partial charge in [0, 0.05) is 13.1 Å². The highest BCUT2D eigenvalue weighted by Gasteiger charge is 2.24. The average molecular weight is 262 g/mol. The molecule has 18 heavy (non-hydrogen) atoms. The minimum absolute atomic E-state index is 0.280. The van der Waals surface area contributed by atoms with Crippen molar-refractivity contribution in [3.8, 4) is 0 Å². The van der Waals surface area contributed by atoms with Gasteiger partial charge in [-0.15, -0.1) is 0 Å². The van der Waals surface area contributed by atoms with E-state index in [1.54, 1.807) is 11.3 Å². The van der Waals surface area contributed by atoms with Crippen LogP contribution in [0.3, 0.4) is 0 Å². The molecular formula is C14H18N2OS. The van der Waals surface area contributed by atoms with Crippen molar-refractivity contribution in [2.45, 2.75) is 33.0 Å². The molecule has 0 aliphatic carbocycles. The summed E-state index contributed by atoms with van der Waals surface area (Å²) < 4.78 is 7.04. The van der Waals surface area contributed by atoms with Gasteiger partial charge in [-0.1, -0.05) is 17.4 Å². The van der Waals surface area contributed by atoms with Gasteiger partial charge in [0.2, 0.25) is 0 Å². The number of nitrogens with zero attached hydrogens (tertiary/aromatic N) is 2. The summed E-state index contributed by atoms with van der Waals surface area (Å²) in [7, 11) is 0. The molecule has 1 aromatic heterocycles. The number of hydrogen-bond acceptors (Lipinski definition) is 4. The van der Waals surface area contributed by atoms with Gasteiger partial charge in [-0.3, -0.25) is 0 Å². The van der Waals surface area contributed by atoms with Crippen LogP contribution in [-0.4, -0.2) is 30.3 Å². The molecule has 96 valence electrons. The van der Waals surface area contributed by atoms with Crippen LogP contribution in [0.4, 0.5) is 5.13 Å². The highest BCUT2D eigenvalue weighted by Crippen LogP contribution is 2.31. The van der Waals surface area contributed by atoms with Crippen molar-refractivity contribution in [3.05, 3.63) is 23.8 Å². The number of aromatic nitrogens is 1. The SMILES string of the molecule is Cc1ccc2nc(N3CC(C)OC(C)C3)sc2c1. The lowest BCUT2D eigenvalue weighted by molar-refractivity contribution is -0.00521. The number of thiazole rings is 1. The van der Waals surface area contributed by atoms with Crippen LogP contribution in [0.1, 0.15) is 19.4 Å². The molecule has 0 spiro atoms. The zero-order valence-electron chi connectivity index (χ0n) is 11.0. The number of ether oxygens (including phenoxy) is 1. The molecule has 3 rings (SSSR count). The van der Waals surface area contributed by atoms with E-state index >= 15 is 0 Å². The Hall–Kier alpha value is -1.13. The summed E-state index contributed by atoms with van der Waals surface area (Å²) in [6.07, 6.45) is 0.560. The molecule has 1 aliphatic rings. The lowest BCUT2D eigenvalue weighted by Crippen LogP contribution is -2.45. The van der Waals surface area contributed by atoms with Gasteiger partial charge in [-0.05, 0) is 38.5 Å². The molecule has 1 aliphatic heterocycles. The molecule has 1 fully saturated rings. The third-order valence-corrected chi connectivity index (χ3v) is 4.30. The third-order valence-electron chi connectivity index (χ3n) is 3.22. The van der Waals surface area contributed by atoms with Crippen LogP contribution in [0.5, 0.6) is 0 Å². The van der Waals surface area contributed by atoms with Gasteiger partial charge in [0.15, 0.2) is 5.13 Å². The second-order valence-electron chi connectivity index (χ2n) is 5.13. The number of hydrogen-bond donors (Lipinski definition) is 0. The number of morpholine rings is 1. The van der Waals surface area contributed by atoms with Crippen molar-refractivity contribution >= 4 is 26.7 Å².